The van der Waals surface area contributed by atoms with E-state index in [0.29, 0.717) is 41.6 Å². The molecule has 3 aromatic rings. The highest BCUT2D eigenvalue weighted by Gasteiger charge is 2.35. The zero-order valence-electron chi connectivity index (χ0n) is 16.8. The van der Waals surface area contributed by atoms with Gasteiger partial charge in [0.2, 0.25) is 5.95 Å². The molecule has 3 heterocycles. The summed E-state index contributed by atoms with van der Waals surface area (Å²) in [4.78, 5) is 18.9. The number of thiophene rings is 1. The topological polar surface area (TPSA) is 101 Å². The number of aromatic nitrogens is 3. The number of aliphatic hydroxyl groups is 1. The van der Waals surface area contributed by atoms with Crippen LogP contribution in [0.25, 0.3) is 0 Å². The minimum Gasteiger partial charge on any atom is -0.495 e. The lowest BCUT2D eigenvalue weighted by Crippen LogP contribution is -2.31. The number of allylic oxidation sites excluding steroid dienone is 1. The number of fused-ring (bicyclic) bond motifs is 1. The number of amides is 1. The van der Waals surface area contributed by atoms with Crippen LogP contribution < -0.4 is 15.4 Å². The maximum absolute atomic E-state index is 13.4. The van der Waals surface area contributed by atoms with E-state index in [4.69, 9.17) is 9.84 Å². The van der Waals surface area contributed by atoms with Gasteiger partial charge in [0.25, 0.3) is 5.91 Å². The van der Waals surface area contributed by atoms with E-state index in [1.165, 1.54) is 0 Å². The lowest BCUT2D eigenvalue weighted by atomic mass is 10.0. The molecule has 1 amide bonds. The minimum absolute atomic E-state index is 0.0789. The largest absolute Gasteiger partial charge is 0.495 e. The molecular weight excluding hydrogens is 402 g/mol. The second-order valence-corrected chi connectivity index (χ2v) is 7.84. The van der Waals surface area contributed by atoms with Gasteiger partial charge in [0.05, 0.1) is 18.4 Å². The predicted octanol–water partition coefficient (Wildman–Crippen LogP) is 3.20. The molecule has 2 aromatic heterocycles. The first-order valence-corrected chi connectivity index (χ1v) is 10.5. The van der Waals surface area contributed by atoms with Crippen molar-refractivity contribution in [3.8, 4) is 5.75 Å². The number of hydrogen-bond donors (Lipinski definition) is 3. The molecule has 0 unspecified atom stereocenters. The lowest BCUT2D eigenvalue weighted by molar-refractivity contribution is -0.113. The van der Waals surface area contributed by atoms with Gasteiger partial charge in [0, 0.05) is 23.6 Å². The summed E-state index contributed by atoms with van der Waals surface area (Å²) in [6.07, 6.45) is 1.15. The molecule has 4 rings (SSSR count). The molecule has 0 saturated heterocycles. The number of rotatable bonds is 7. The first-order valence-electron chi connectivity index (χ1n) is 9.64. The second kappa shape index (κ2) is 8.68. The Kier molecular flexibility index (Phi) is 5.82. The van der Waals surface area contributed by atoms with Gasteiger partial charge in [-0.2, -0.15) is 10.1 Å². The molecule has 0 aliphatic carbocycles. The Hall–Kier alpha value is -3.17. The summed E-state index contributed by atoms with van der Waals surface area (Å²) < 4.78 is 7.12. The van der Waals surface area contributed by atoms with Crippen molar-refractivity contribution >= 4 is 28.9 Å². The quantitative estimate of drug-likeness (QED) is 0.537. The molecule has 3 N–H and O–H groups in total. The fourth-order valence-corrected chi connectivity index (χ4v) is 4.30. The fraction of sp³-hybridized carbons (Fsp3) is 0.286. The van der Waals surface area contributed by atoms with E-state index in [9.17, 15) is 4.79 Å². The number of nitrogens with one attached hydrogen (secondary N) is 2. The molecule has 30 heavy (non-hydrogen) atoms. The Bertz CT molecular complexity index is 1070. The number of nitrogens with zero attached hydrogens (tertiary/aromatic N) is 3. The van der Waals surface area contributed by atoms with Gasteiger partial charge >= 0.3 is 0 Å². The van der Waals surface area contributed by atoms with Crippen LogP contribution in [0.2, 0.25) is 0 Å². The van der Waals surface area contributed by atoms with E-state index in [1.807, 2.05) is 36.6 Å². The second-order valence-electron chi connectivity index (χ2n) is 6.86. The third-order valence-electron chi connectivity index (χ3n) is 4.87. The van der Waals surface area contributed by atoms with E-state index < -0.39 is 6.04 Å². The van der Waals surface area contributed by atoms with Crippen LogP contribution in [-0.4, -0.2) is 39.5 Å². The highest BCUT2D eigenvalue weighted by atomic mass is 32.1. The first-order chi connectivity index (χ1) is 14.6. The number of carbonyl (C=O) groups excluding carboxylic acids is 1. The number of para-hydroxylation sites is 2. The van der Waals surface area contributed by atoms with Gasteiger partial charge in [0.15, 0.2) is 5.82 Å². The Labute approximate surface area is 178 Å². The van der Waals surface area contributed by atoms with Gasteiger partial charge in [-0.25, -0.2) is 4.68 Å². The van der Waals surface area contributed by atoms with Crippen molar-refractivity contribution in [1.29, 1.82) is 0 Å². The fourth-order valence-electron chi connectivity index (χ4n) is 3.48. The van der Waals surface area contributed by atoms with Crippen LogP contribution in [0.1, 0.15) is 30.1 Å². The molecule has 0 radical (unpaired) electrons. The van der Waals surface area contributed by atoms with E-state index >= 15 is 0 Å². The summed E-state index contributed by atoms with van der Waals surface area (Å²) in [6.45, 7) is 1.94. The molecule has 1 aromatic carbocycles. The normalized spacial score (nSPS) is 15.5. The van der Waals surface area contributed by atoms with Gasteiger partial charge in [-0.1, -0.05) is 18.2 Å². The van der Waals surface area contributed by atoms with Crippen molar-refractivity contribution in [2.24, 2.45) is 0 Å². The van der Waals surface area contributed by atoms with Crippen LogP contribution in [0, 0.1) is 0 Å². The van der Waals surface area contributed by atoms with E-state index in [1.54, 1.807) is 35.3 Å². The molecule has 1 aliphatic heterocycles. The van der Waals surface area contributed by atoms with Crippen LogP contribution in [0.5, 0.6) is 5.75 Å². The SMILES string of the molecule is COc1ccccc1NC(=O)C1=C(C)Nc2nc(CCCO)nn2[C@H]1c1cccs1. The van der Waals surface area contributed by atoms with Gasteiger partial charge in [-0.05, 0) is 36.9 Å². The molecule has 1 aliphatic rings. The summed E-state index contributed by atoms with van der Waals surface area (Å²) in [7, 11) is 1.57. The van der Waals surface area contributed by atoms with Crippen molar-refractivity contribution in [3.63, 3.8) is 0 Å². The van der Waals surface area contributed by atoms with Crippen molar-refractivity contribution < 1.29 is 14.6 Å². The van der Waals surface area contributed by atoms with Gasteiger partial charge in [0.1, 0.15) is 11.8 Å². The zero-order valence-corrected chi connectivity index (χ0v) is 17.6. The molecule has 9 heteroatoms. The van der Waals surface area contributed by atoms with E-state index in [0.717, 1.165) is 10.6 Å². The van der Waals surface area contributed by atoms with Crippen molar-refractivity contribution in [3.05, 3.63) is 63.7 Å². The number of anilines is 2. The monoisotopic (exact) mass is 425 g/mol. The molecule has 0 bridgehead atoms. The third-order valence-corrected chi connectivity index (χ3v) is 5.79. The molecule has 0 spiro atoms. The molecule has 0 fully saturated rings. The average molecular weight is 426 g/mol. The highest BCUT2D eigenvalue weighted by Crippen LogP contribution is 2.38. The van der Waals surface area contributed by atoms with E-state index in [2.05, 4.69) is 20.7 Å². The van der Waals surface area contributed by atoms with Crippen molar-refractivity contribution in [2.75, 3.05) is 24.4 Å². The molecular formula is C21H23N5O3S. The standard InChI is InChI=1S/C21H23N5O3S/c1-13-18(20(28)23-14-7-3-4-8-15(14)29-2)19(16-9-6-12-30-16)26-21(22-13)24-17(25-26)10-5-11-27/h3-4,6-9,12,19,27H,5,10-11H2,1-2H3,(H,23,28)(H,22,24,25)/t19-/m0/s1. The van der Waals surface area contributed by atoms with Crippen LogP contribution in [0.15, 0.2) is 53.0 Å². The van der Waals surface area contributed by atoms with Crippen LogP contribution in [-0.2, 0) is 11.2 Å². The maximum atomic E-state index is 13.4. The van der Waals surface area contributed by atoms with Crippen molar-refractivity contribution in [1.82, 2.24) is 14.8 Å². The van der Waals surface area contributed by atoms with Gasteiger partial charge in [-0.15, -0.1) is 11.3 Å². The van der Waals surface area contributed by atoms with Crippen LogP contribution in [0.4, 0.5) is 11.6 Å². The Morgan fingerprint density at radius 3 is 2.90 bits per heavy atom. The Morgan fingerprint density at radius 1 is 1.33 bits per heavy atom. The number of hydrogen-bond acceptors (Lipinski definition) is 7. The summed E-state index contributed by atoms with van der Waals surface area (Å²) >= 11 is 1.56. The highest BCUT2D eigenvalue weighted by molar-refractivity contribution is 7.10. The smallest absolute Gasteiger partial charge is 0.256 e. The lowest BCUT2D eigenvalue weighted by Gasteiger charge is -2.27. The van der Waals surface area contributed by atoms with Gasteiger partial charge in [-0.3, -0.25) is 4.79 Å². The molecule has 156 valence electrons. The average Bonchev–Trinajstić information content (AvgIpc) is 3.41. The summed E-state index contributed by atoms with van der Waals surface area (Å²) in [6, 6.07) is 10.8. The molecule has 0 saturated carbocycles. The number of methoxy groups -OCH3 is 1. The third kappa shape index (κ3) is 3.81. The first kappa shape index (κ1) is 20.1. The zero-order chi connectivity index (χ0) is 21.1. The Balaban J connectivity index is 1.72. The van der Waals surface area contributed by atoms with Crippen LogP contribution in [0.3, 0.4) is 0 Å². The van der Waals surface area contributed by atoms with Gasteiger partial charge < -0.3 is 20.5 Å². The van der Waals surface area contributed by atoms with E-state index in [-0.39, 0.29) is 12.5 Å². The van der Waals surface area contributed by atoms with Crippen molar-refractivity contribution in [2.45, 2.75) is 25.8 Å². The minimum atomic E-state index is -0.397. The molecule has 1 atom stereocenters. The maximum Gasteiger partial charge on any atom is 0.256 e. The summed E-state index contributed by atoms with van der Waals surface area (Å²) in [5.41, 5.74) is 1.88. The number of carbonyl (C=O) groups is 1. The molecule has 8 nitrogen and oxygen atoms in total. The number of aryl methyl sites for hydroxylation is 1. The number of ether oxygens (including phenoxy) is 1. The summed E-state index contributed by atoms with van der Waals surface area (Å²) in [5.74, 6) is 1.58. The number of benzene rings is 1. The van der Waals surface area contributed by atoms with Crippen LogP contribution >= 0.6 is 11.3 Å². The number of aliphatic hydroxyl groups excluding tert-OH is 1. The summed E-state index contributed by atoms with van der Waals surface area (Å²) in [5, 5.41) is 21.9. The predicted molar refractivity (Wildman–Crippen MR) is 116 cm³/mol. The Morgan fingerprint density at radius 2 is 2.17 bits per heavy atom.